The molecule has 1 aromatic heterocycles. The molecule has 0 spiro atoms. The number of nitrogens with zero attached hydrogens (tertiary/aromatic N) is 1. The maximum atomic E-state index is 10.6. The van der Waals surface area contributed by atoms with E-state index in [-0.39, 0.29) is 5.41 Å². The van der Waals surface area contributed by atoms with E-state index in [4.69, 9.17) is 4.74 Å². The average molecular weight is 269 g/mol. The molecule has 1 aliphatic rings. The lowest BCUT2D eigenvalue weighted by atomic mass is 9.91. The van der Waals surface area contributed by atoms with Crippen molar-refractivity contribution in [1.29, 1.82) is 0 Å². The van der Waals surface area contributed by atoms with E-state index in [1.165, 1.54) is 0 Å². The molecule has 2 heterocycles. The van der Waals surface area contributed by atoms with E-state index >= 15 is 0 Å². The van der Waals surface area contributed by atoms with Crippen molar-refractivity contribution in [1.82, 2.24) is 4.98 Å². The van der Waals surface area contributed by atoms with Gasteiger partial charge in [0.1, 0.15) is 0 Å². The van der Waals surface area contributed by atoms with Crippen LogP contribution in [0.15, 0.2) is 5.38 Å². The number of ether oxygens (including phenoxy) is 1. The summed E-state index contributed by atoms with van der Waals surface area (Å²) in [6.07, 6.45) is 3.14. The Hall–Kier alpha value is -0.450. The van der Waals surface area contributed by atoms with E-state index in [9.17, 15) is 5.11 Å². The van der Waals surface area contributed by atoms with Crippen LogP contribution >= 0.6 is 11.3 Å². The predicted octanol–water partition coefficient (Wildman–Crippen LogP) is 2.91. The van der Waals surface area contributed by atoms with Crippen molar-refractivity contribution in [2.24, 2.45) is 0 Å². The summed E-state index contributed by atoms with van der Waals surface area (Å²) in [6.45, 7) is 7.93. The zero-order valence-electron chi connectivity index (χ0n) is 11.5. The van der Waals surface area contributed by atoms with Gasteiger partial charge in [-0.2, -0.15) is 0 Å². The second-order valence-corrected chi connectivity index (χ2v) is 7.19. The molecule has 0 amide bonds. The molecule has 1 fully saturated rings. The van der Waals surface area contributed by atoms with Crippen molar-refractivity contribution in [3.63, 3.8) is 0 Å². The molecule has 0 radical (unpaired) electrons. The molecule has 1 unspecified atom stereocenters. The summed E-state index contributed by atoms with van der Waals surface area (Å²) >= 11 is 1.66. The highest BCUT2D eigenvalue weighted by Gasteiger charge is 2.30. The highest BCUT2D eigenvalue weighted by atomic mass is 32.1. The predicted molar refractivity (Wildman–Crippen MR) is 74.1 cm³/mol. The van der Waals surface area contributed by atoms with E-state index in [2.05, 4.69) is 31.1 Å². The molecule has 0 bridgehead atoms. The van der Waals surface area contributed by atoms with Gasteiger partial charge in [-0.05, 0) is 19.3 Å². The van der Waals surface area contributed by atoms with Gasteiger partial charge in [0.05, 0.1) is 16.3 Å². The number of aliphatic hydroxyl groups is 1. The molecule has 102 valence electrons. The number of hydrogen-bond donors (Lipinski definition) is 1. The van der Waals surface area contributed by atoms with Gasteiger partial charge in [0.2, 0.25) is 0 Å². The van der Waals surface area contributed by atoms with Crippen molar-refractivity contribution in [3.8, 4) is 0 Å². The largest absolute Gasteiger partial charge is 0.389 e. The van der Waals surface area contributed by atoms with Gasteiger partial charge >= 0.3 is 0 Å². The molecular formula is C14H23NO2S. The van der Waals surface area contributed by atoms with E-state index in [1.54, 1.807) is 11.3 Å². The first kappa shape index (κ1) is 14.0. The van der Waals surface area contributed by atoms with E-state index < -0.39 is 5.60 Å². The SMILES string of the molecule is CC(C)(C)c1csc(CC2(O)CCCOCC2)n1. The number of aromatic nitrogens is 1. The molecule has 1 aromatic rings. The number of thiazole rings is 1. The third-order valence-electron chi connectivity index (χ3n) is 3.44. The normalized spacial score (nSPS) is 26.0. The minimum absolute atomic E-state index is 0.0872. The summed E-state index contributed by atoms with van der Waals surface area (Å²) in [5, 5.41) is 13.8. The van der Waals surface area contributed by atoms with E-state index in [1.807, 2.05) is 0 Å². The highest BCUT2D eigenvalue weighted by Crippen LogP contribution is 2.29. The van der Waals surface area contributed by atoms with Crippen LogP contribution in [-0.4, -0.2) is 28.9 Å². The van der Waals surface area contributed by atoms with Crippen molar-refractivity contribution < 1.29 is 9.84 Å². The van der Waals surface area contributed by atoms with E-state index in [0.717, 1.165) is 36.6 Å². The van der Waals surface area contributed by atoms with Crippen LogP contribution in [0.2, 0.25) is 0 Å². The van der Waals surface area contributed by atoms with Crippen molar-refractivity contribution in [2.75, 3.05) is 13.2 Å². The number of rotatable bonds is 2. The topological polar surface area (TPSA) is 42.4 Å². The number of hydrogen-bond acceptors (Lipinski definition) is 4. The van der Waals surface area contributed by atoms with Gasteiger partial charge in [0.15, 0.2) is 0 Å². The average Bonchev–Trinajstić information content (AvgIpc) is 2.61. The first-order valence-electron chi connectivity index (χ1n) is 6.64. The summed E-state index contributed by atoms with van der Waals surface area (Å²) in [7, 11) is 0. The minimum Gasteiger partial charge on any atom is -0.389 e. The summed E-state index contributed by atoms with van der Waals surface area (Å²) in [5.41, 5.74) is 0.587. The maximum Gasteiger partial charge on any atom is 0.0957 e. The van der Waals surface area contributed by atoms with Crippen LogP contribution in [0.5, 0.6) is 0 Å². The van der Waals surface area contributed by atoms with Crippen LogP contribution in [0, 0.1) is 0 Å². The van der Waals surface area contributed by atoms with Gasteiger partial charge in [-0.25, -0.2) is 4.98 Å². The summed E-state index contributed by atoms with van der Waals surface area (Å²) in [5.74, 6) is 0. The molecule has 2 rings (SSSR count). The zero-order valence-corrected chi connectivity index (χ0v) is 12.3. The standard InChI is InChI=1S/C14H23NO2S/c1-13(2,3)11-10-18-12(15-11)9-14(16)5-4-7-17-8-6-14/h10,16H,4-9H2,1-3H3. The third kappa shape index (κ3) is 3.53. The molecule has 0 aromatic carbocycles. The molecule has 3 nitrogen and oxygen atoms in total. The maximum absolute atomic E-state index is 10.6. The summed E-state index contributed by atoms with van der Waals surface area (Å²) in [6, 6.07) is 0. The second kappa shape index (κ2) is 5.27. The zero-order chi connectivity index (χ0) is 13.2. The molecule has 1 N–H and O–H groups in total. The quantitative estimate of drug-likeness (QED) is 0.897. The summed E-state index contributed by atoms with van der Waals surface area (Å²) < 4.78 is 5.41. The van der Waals surface area contributed by atoms with Gasteiger partial charge in [-0.15, -0.1) is 11.3 Å². The second-order valence-electron chi connectivity index (χ2n) is 6.24. The van der Waals surface area contributed by atoms with Crippen LogP contribution in [0.3, 0.4) is 0 Å². The minimum atomic E-state index is -0.622. The van der Waals surface area contributed by atoms with Crippen LogP contribution in [0.1, 0.15) is 50.7 Å². The molecule has 4 heteroatoms. The van der Waals surface area contributed by atoms with Crippen LogP contribution in [0.4, 0.5) is 0 Å². The van der Waals surface area contributed by atoms with E-state index in [0.29, 0.717) is 13.0 Å². The molecule has 18 heavy (non-hydrogen) atoms. The third-order valence-corrected chi connectivity index (χ3v) is 4.29. The van der Waals surface area contributed by atoms with Crippen LogP contribution in [-0.2, 0) is 16.6 Å². The van der Waals surface area contributed by atoms with Crippen molar-refractivity contribution in [2.45, 2.75) is 57.5 Å². The first-order chi connectivity index (χ1) is 8.39. The lowest BCUT2D eigenvalue weighted by molar-refractivity contribution is 0.0188. The summed E-state index contributed by atoms with van der Waals surface area (Å²) in [4.78, 5) is 4.67. The van der Waals surface area contributed by atoms with Crippen LogP contribution in [0.25, 0.3) is 0 Å². The Morgan fingerprint density at radius 1 is 1.39 bits per heavy atom. The Labute approximate surface area is 113 Å². The molecule has 0 aliphatic carbocycles. The smallest absolute Gasteiger partial charge is 0.0957 e. The molecule has 1 aliphatic heterocycles. The van der Waals surface area contributed by atoms with Crippen molar-refractivity contribution in [3.05, 3.63) is 16.1 Å². The Balaban J connectivity index is 2.06. The van der Waals surface area contributed by atoms with Gasteiger partial charge in [-0.3, -0.25) is 0 Å². The lowest BCUT2D eigenvalue weighted by Crippen LogP contribution is -2.31. The molecule has 1 atom stereocenters. The Bertz CT molecular complexity index is 387. The fourth-order valence-corrected chi connectivity index (χ4v) is 3.34. The van der Waals surface area contributed by atoms with Gasteiger partial charge in [-0.1, -0.05) is 20.8 Å². The first-order valence-corrected chi connectivity index (χ1v) is 7.52. The molecule has 1 saturated heterocycles. The fraction of sp³-hybridized carbons (Fsp3) is 0.786. The highest BCUT2D eigenvalue weighted by molar-refractivity contribution is 7.09. The molecular weight excluding hydrogens is 246 g/mol. The molecule has 0 saturated carbocycles. The van der Waals surface area contributed by atoms with Gasteiger partial charge in [0.25, 0.3) is 0 Å². The Morgan fingerprint density at radius 3 is 2.83 bits per heavy atom. The fourth-order valence-electron chi connectivity index (χ4n) is 2.19. The monoisotopic (exact) mass is 269 g/mol. The van der Waals surface area contributed by atoms with Crippen LogP contribution < -0.4 is 0 Å². The lowest BCUT2D eigenvalue weighted by Gasteiger charge is -2.24. The van der Waals surface area contributed by atoms with Gasteiger partial charge in [0, 0.05) is 30.4 Å². The Morgan fingerprint density at radius 2 is 2.17 bits per heavy atom. The Kier molecular flexibility index (Phi) is 4.09. The van der Waals surface area contributed by atoms with Gasteiger partial charge < -0.3 is 9.84 Å². The van der Waals surface area contributed by atoms with Crippen molar-refractivity contribution >= 4 is 11.3 Å².